The predicted octanol–water partition coefficient (Wildman–Crippen LogP) is 10.8. The maximum atomic E-state index is 13.9. The number of aromatic nitrogens is 1. The fraction of sp³-hybridized carbons (Fsp3) is 0.686. The van der Waals surface area contributed by atoms with Crippen LogP contribution in [-0.2, 0) is 6.42 Å². The monoisotopic (exact) mass is 503 g/mol. The molecule has 3 saturated carbocycles. The van der Waals surface area contributed by atoms with Crippen molar-refractivity contribution in [2.45, 2.75) is 148 Å². The summed E-state index contributed by atoms with van der Waals surface area (Å²) in [5.41, 5.74) is 10.6. The van der Waals surface area contributed by atoms with Gasteiger partial charge in [0.15, 0.2) is 0 Å². The minimum atomic E-state index is -0.910. The molecule has 1 spiro atoms. The van der Waals surface area contributed by atoms with Crippen molar-refractivity contribution < 1.29 is 4.39 Å². The molecule has 1 aromatic heterocycles. The van der Waals surface area contributed by atoms with E-state index in [2.05, 4.69) is 26.0 Å². The van der Waals surface area contributed by atoms with Crippen LogP contribution in [-0.4, -0.2) is 4.98 Å². The lowest BCUT2D eigenvalue weighted by atomic mass is 9.57. The van der Waals surface area contributed by atoms with Crippen molar-refractivity contribution in [2.75, 3.05) is 0 Å². The van der Waals surface area contributed by atoms with Gasteiger partial charge in [-0.1, -0.05) is 84.1 Å². The average molecular weight is 504 g/mol. The second-order valence-corrected chi connectivity index (χ2v) is 12.8. The summed E-state index contributed by atoms with van der Waals surface area (Å²) >= 11 is 0. The first kappa shape index (κ1) is 26.9. The number of fused-ring (bicyclic) bond motifs is 1. The van der Waals surface area contributed by atoms with Crippen LogP contribution in [0.4, 0.5) is 4.39 Å². The molecule has 37 heavy (non-hydrogen) atoms. The van der Waals surface area contributed by atoms with E-state index < -0.39 is 6.17 Å². The summed E-state index contributed by atoms with van der Waals surface area (Å²) in [5.74, 6) is 2.26. The van der Waals surface area contributed by atoms with Crippen molar-refractivity contribution in [3.63, 3.8) is 0 Å². The summed E-state index contributed by atoms with van der Waals surface area (Å²) < 4.78 is 13.9. The maximum absolute atomic E-state index is 13.9. The minimum Gasteiger partial charge on any atom is -0.257 e. The number of nitrogens with zero attached hydrogens (tertiary/aromatic N) is 1. The zero-order valence-electron chi connectivity index (χ0n) is 24.2. The van der Waals surface area contributed by atoms with E-state index in [0.717, 1.165) is 5.56 Å². The van der Waals surface area contributed by atoms with Gasteiger partial charge < -0.3 is 0 Å². The lowest BCUT2D eigenvalue weighted by molar-refractivity contribution is 0.0975. The van der Waals surface area contributed by atoms with E-state index in [1.54, 1.807) is 23.6 Å². The Balaban J connectivity index is 0.00000137. The standard InChI is InChI=1S/C33H44FN.C2H6/c1-21-19-33(17-8-18-33)20-28-29(21)31(26-9-4-5-10-26)30(32(35-28)27-11-6-7-12-27)22(2)24-13-15-25(16-14-24)23(3)34;1-2/h13-16,21-23,26-27H,4-12,17-20H2,1-3H3;1-2H3. The molecule has 0 amide bonds. The molecule has 2 heteroatoms. The van der Waals surface area contributed by atoms with Gasteiger partial charge in [-0.05, 0) is 103 Å². The largest absolute Gasteiger partial charge is 0.257 e. The van der Waals surface area contributed by atoms with Gasteiger partial charge in [0.25, 0.3) is 0 Å². The lowest BCUT2D eigenvalue weighted by Gasteiger charge is -2.48. The molecule has 4 aliphatic rings. The molecule has 0 N–H and O–H groups in total. The van der Waals surface area contributed by atoms with Crippen LogP contribution in [0.2, 0.25) is 0 Å². The Kier molecular flexibility index (Phi) is 8.13. The normalized spacial score (nSPS) is 24.8. The second kappa shape index (κ2) is 11.2. The van der Waals surface area contributed by atoms with Crippen LogP contribution in [0.5, 0.6) is 0 Å². The van der Waals surface area contributed by atoms with Crippen LogP contribution < -0.4 is 0 Å². The number of rotatable bonds is 5. The molecule has 0 bridgehead atoms. The average Bonchev–Trinajstić information content (AvgIpc) is 3.62. The molecule has 1 nitrogen and oxygen atoms in total. The number of pyridine rings is 1. The molecular formula is C35H50FN. The molecule has 6 rings (SSSR count). The number of hydrogen-bond acceptors (Lipinski definition) is 1. The third-order valence-corrected chi connectivity index (χ3v) is 10.4. The van der Waals surface area contributed by atoms with Gasteiger partial charge in [-0.25, -0.2) is 4.39 Å². The van der Waals surface area contributed by atoms with Crippen molar-refractivity contribution in [2.24, 2.45) is 5.41 Å². The predicted molar refractivity (Wildman–Crippen MR) is 155 cm³/mol. The quantitative estimate of drug-likeness (QED) is 0.395. The van der Waals surface area contributed by atoms with E-state index >= 15 is 0 Å². The summed E-state index contributed by atoms with van der Waals surface area (Å²) in [7, 11) is 0. The van der Waals surface area contributed by atoms with Gasteiger partial charge in [-0.3, -0.25) is 4.98 Å². The van der Waals surface area contributed by atoms with Crippen molar-refractivity contribution >= 4 is 0 Å². The molecule has 0 aliphatic heterocycles. The first-order valence-electron chi connectivity index (χ1n) is 15.8. The highest BCUT2D eigenvalue weighted by Crippen LogP contribution is 2.57. The zero-order valence-corrected chi connectivity index (χ0v) is 24.2. The number of halogens is 1. The van der Waals surface area contributed by atoms with Gasteiger partial charge in [0.1, 0.15) is 6.17 Å². The second-order valence-electron chi connectivity index (χ2n) is 12.8. The maximum Gasteiger partial charge on any atom is 0.122 e. The van der Waals surface area contributed by atoms with Crippen LogP contribution >= 0.6 is 0 Å². The Hall–Kier alpha value is -1.70. The van der Waals surface area contributed by atoms with Gasteiger partial charge in [0.05, 0.1) is 0 Å². The molecule has 3 atom stereocenters. The molecule has 4 aliphatic carbocycles. The third kappa shape index (κ3) is 5.04. The summed E-state index contributed by atoms with van der Waals surface area (Å²) in [6, 6.07) is 8.41. The highest BCUT2D eigenvalue weighted by atomic mass is 19.1. The molecular weight excluding hydrogens is 453 g/mol. The Bertz CT molecular complexity index is 1050. The van der Waals surface area contributed by atoms with Crippen LogP contribution in [0.25, 0.3) is 0 Å². The molecule has 0 radical (unpaired) electrons. The van der Waals surface area contributed by atoms with Crippen LogP contribution in [0.1, 0.15) is 181 Å². The molecule has 3 unspecified atom stereocenters. The fourth-order valence-corrected chi connectivity index (χ4v) is 8.46. The topological polar surface area (TPSA) is 12.9 Å². The Labute approximate surface area is 226 Å². The first-order chi connectivity index (χ1) is 18.0. The van der Waals surface area contributed by atoms with Crippen molar-refractivity contribution in [3.8, 4) is 0 Å². The van der Waals surface area contributed by atoms with Crippen molar-refractivity contribution in [1.29, 1.82) is 0 Å². The summed E-state index contributed by atoms with van der Waals surface area (Å²) in [6.07, 6.45) is 16.6. The summed E-state index contributed by atoms with van der Waals surface area (Å²) in [6.45, 7) is 10.6. The van der Waals surface area contributed by atoms with Crippen molar-refractivity contribution in [1.82, 2.24) is 4.98 Å². The van der Waals surface area contributed by atoms with Crippen LogP contribution in [0, 0.1) is 5.41 Å². The number of alkyl halides is 1. The van der Waals surface area contributed by atoms with E-state index in [-0.39, 0.29) is 0 Å². The SMILES string of the molecule is CC.CC(F)c1ccc(C(C)c2c(C3CCCC3)nc3c(c2C2CCCC2)C(C)CC2(CCC2)C3)cc1. The van der Waals surface area contributed by atoms with E-state index in [0.29, 0.717) is 29.1 Å². The van der Waals surface area contributed by atoms with E-state index in [1.807, 2.05) is 26.0 Å². The summed E-state index contributed by atoms with van der Waals surface area (Å²) in [4.78, 5) is 5.69. The minimum absolute atomic E-state index is 0.315. The molecule has 3 fully saturated rings. The van der Waals surface area contributed by atoms with E-state index in [1.165, 1.54) is 100 Å². The van der Waals surface area contributed by atoms with Gasteiger partial charge in [-0.15, -0.1) is 0 Å². The number of hydrogen-bond donors (Lipinski definition) is 0. The van der Waals surface area contributed by atoms with Gasteiger partial charge in [0, 0.05) is 23.2 Å². The van der Waals surface area contributed by atoms with E-state index in [9.17, 15) is 4.39 Å². The Morgan fingerprint density at radius 3 is 1.92 bits per heavy atom. The molecule has 202 valence electrons. The number of benzene rings is 1. The smallest absolute Gasteiger partial charge is 0.122 e. The molecule has 0 saturated heterocycles. The molecule has 1 heterocycles. The summed E-state index contributed by atoms with van der Waals surface area (Å²) in [5, 5.41) is 0. The first-order valence-corrected chi connectivity index (χ1v) is 15.8. The van der Waals surface area contributed by atoms with Gasteiger partial charge in [0.2, 0.25) is 0 Å². The zero-order chi connectivity index (χ0) is 26.2. The highest BCUT2D eigenvalue weighted by molar-refractivity contribution is 5.52. The highest BCUT2D eigenvalue weighted by Gasteiger charge is 2.45. The fourth-order valence-electron chi connectivity index (χ4n) is 8.46. The van der Waals surface area contributed by atoms with Crippen LogP contribution in [0.15, 0.2) is 24.3 Å². The Morgan fingerprint density at radius 1 is 0.811 bits per heavy atom. The lowest BCUT2D eigenvalue weighted by Crippen LogP contribution is -2.38. The van der Waals surface area contributed by atoms with Crippen molar-refractivity contribution in [3.05, 3.63) is 63.5 Å². The molecule has 1 aromatic carbocycles. The van der Waals surface area contributed by atoms with Crippen LogP contribution in [0.3, 0.4) is 0 Å². The van der Waals surface area contributed by atoms with E-state index in [4.69, 9.17) is 4.98 Å². The Morgan fingerprint density at radius 2 is 1.38 bits per heavy atom. The molecule has 2 aromatic rings. The van der Waals surface area contributed by atoms with Gasteiger partial charge >= 0.3 is 0 Å². The van der Waals surface area contributed by atoms with Gasteiger partial charge in [-0.2, -0.15) is 0 Å². The third-order valence-electron chi connectivity index (χ3n) is 10.4.